The Balaban J connectivity index is 2.03. The van der Waals surface area contributed by atoms with Crippen LogP contribution >= 0.6 is 0 Å². The normalized spacial score (nSPS) is 17.9. The molecule has 1 aliphatic rings. The largest absolute Gasteiger partial charge is 0.507 e. The number of aliphatic hydroxyl groups is 1. The Morgan fingerprint density at radius 1 is 1.12 bits per heavy atom. The molecule has 0 aromatic heterocycles. The van der Waals surface area contributed by atoms with E-state index < -0.39 is 17.7 Å². The molecule has 2 aromatic carbocycles. The van der Waals surface area contributed by atoms with E-state index in [0.29, 0.717) is 25.3 Å². The molecule has 1 saturated heterocycles. The quantitative estimate of drug-likeness (QED) is 0.277. The van der Waals surface area contributed by atoms with Crippen LogP contribution in [-0.2, 0) is 9.59 Å². The molecule has 0 unspecified atom stereocenters. The van der Waals surface area contributed by atoms with Gasteiger partial charge in [0.2, 0.25) is 0 Å². The van der Waals surface area contributed by atoms with Gasteiger partial charge in [0, 0.05) is 18.7 Å². The second kappa shape index (κ2) is 10.5. The number of carbonyl (C=O) groups excluding carboxylic acids is 2. The topological polar surface area (TPSA) is 70.1 Å². The van der Waals surface area contributed by atoms with Crippen LogP contribution in [0.5, 0.6) is 5.75 Å². The molecule has 2 aromatic rings. The molecule has 1 atom stereocenters. The van der Waals surface area contributed by atoms with Crippen molar-refractivity contribution in [2.24, 2.45) is 0 Å². The number of amides is 1. The molecule has 1 fully saturated rings. The highest BCUT2D eigenvalue weighted by atomic mass is 16.5. The van der Waals surface area contributed by atoms with Gasteiger partial charge in [0.15, 0.2) is 0 Å². The van der Waals surface area contributed by atoms with E-state index in [9.17, 15) is 14.7 Å². The first-order valence-corrected chi connectivity index (χ1v) is 11.1. The Hall–Kier alpha value is -3.12. The number of hydrogen-bond acceptors (Lipinski definition) is 5. The van der Waals surface area contributed by atoms with Crippen LogP contribution in [0.3, 0.4) is 0 Å². The van der Waals surface area contributed by atoms with Crippen molar-refractivity contribution in [1.29, 1.82) is 0 Å². The van der Waals surface area contributed by atoms with Gasteiger partial charge in [-0.15, -0.1) is 0 Å². The fourth-order valence-corrected chi connectivity index (χ4v) is 3.84. The molecule has 1 amide bonds. The van der Waals surface area contributed by atoms with Crippen molar-refractivity contribution in [3.8, 4) is 5.75 Å². The highest BCUT2D eigenvalue weighted by Crippen LogP contribution is 2.39. The predicted molar refractivity (Wildman–Crippen MR) is 126 cm³/mol. The van der Waals surface area contributed by atoms with Crippen LogP contribution in [0.2, 0.25) is 0 Å². The van der Waals surface area contributed by atoms with Crippen molar-refractivity contribution >= 4 is 17.4 Å². The minimum absolute atomic E-state index is 0.124. The van der Waals surface area contributed by atoms with Gasteiger partial charge in [0.1, 0.15) is 11.5 Å². The molecule has 6 nitrogen and oxygen atoms in total. The van der Waals surface area contributed by atoms with E-state index in [1.165, 1.54) is 0 Å². The first-order chi connectivity index (χ1) is 15.3. The zero-order valence-corrected chi connectivity index (χ0v) is 19.3. The summed E-state index contributed by atoms with van der Waals surface area (Å²) in [5, 5.41) is 11.2. The molecule has 0 aliphatic carbocycles. The van der Waals surface area contributed by atoms with Crippen LogP contribution < -0.4 is 4.74 Å². The molecule has 0 bridgehead atoms. The van der Waals surface area contributed by atoms with Gasteiger partial charge in [-0.1, -0.05) is 43.7 Å². The van der Waals surface area contributed by atoms with E-state index in [-0.39, 0.29) is 11.3 Å². The van der Waals surface area contributed by atoms with Crippen molar-refractivity contribution in [2.75, 3.05) is 33.8 Å². The standard InChI is InChI=1S/C26H32N2O4/c1-5-6-16-32-21-13-12-20(17-18(21)2)24(29)22-23(19-10-8-7-9-11-19)28(15-14-27(3)4)26(31)25(22)30/h7-13,17,23,29H,5-6,14-16H2,1-4H3/t23-/m1/s1. The zero-order chi connectivity index (χ0) is 23.3. The van der Waals surface area contributed by atoms with E-state index in [2.05, 4.69) is 6.92 Å². The number of ether oxygens (including phenoxy) is 1. The average molecular weight is 437 g/mol. The molecule has 1 aliphatic heterocycles. The van der Waals surface area contributed by atoms with Crippen molar-refractivity contribution in [3.63, 3.8) is 0 Å². The maximum Gasteiger partial charge on any atom is 0.295 e. The smallest absolute Gasteiger partial charge is 0.295 e. The van der Waals surface area contributed by atoms with Crippen LogP contribution in [-0.4, -0.2) is 60.4 Å². The van der Waals surface area contributed by atoms with Crippen LogP contribution in [0.1, 0.15) is 42.5 Å². The second-order valence-corrected chi connectivity index (χ2v) is 8.39. The predicted octanol–water partition coefficient (Wildman–Crippen LogP) is 4.16. The molecule has 0 radical (unpaired) electrons. The number of aryl methyl sites for hydroxylation is 1. The number of likely N-dealkylation sites (tertiary alicyclic amines) is 1. The second-order valence-electron chi connectivity index (χ2n) is 8.39. The van der Waals surface area contributed by atoms with Crippen molar-refractivity contribution in [2.45, 2.75) is 32.7 Å². The molecular weight excluding hydrogens is 404 g/mol. The minimum atomic E-state index is -0.656. The van der Waals surface area contributed by atoms with Crippen LogP contribution in [0.25, 0.3) is 5.76 Å². The Morgan fingerprint density at radius 3 is 2.47 bits per heavy atom. The molecular formula is C26H32N2O4. The summed E-state index contributed by atoms with van der Waals surface area (Å²) >= 11 is 0. The Morgan fingerprint density at radius 2 is 1.84 bits per heavy atom. The zero-order valence-electron chi connectivity index (χ0n) is 19.3. The minimum Gasteiger partial charge on any atom is -0.507 e. The summed E-state index contributed by atoms with van der Waals surface area (Å²) in [6.07, 6.45) is 2.01. The summed E-state index contributed by atoms with van der Waals surface area (Å²) in [7, 11) is 3.84. The maximum absolute atomic E-state index is 13.0. The third-order valence-electron chi connectivity index (χ3n) is 5.65. The maximum atomic E-state index is 13.0. The fourth-order valence-electron chi connectivity index (χ4n) is 3.84. The Kier molecular flexibility index (Phi) is 7.70. The number of aliphatic hydroxyl groups excluding tert-OH is 1. The van der Waals surface area contributed by atoms with E-state index in [0.717, 1.165) is 29.7 Å². The molecule has 0 saturated carbocycles. The van der Waals surface area contributed by atoms with Crippen LogP contribution in [0.4, 0.5) is 0 Å². The summed E-state index contributed by atoms with van der Waals surface area (Å²) in [5.74, 6) is -0.650. The number of hydrogen-bond donors (Lipinski definition) is 1. The number of rotatable bonds is 9. The van der Waals surface area contributed by atoms with Gasteiger partial charge < -0.3 is 19.6 Å². The van der Waals surface area contributed by atoms with E-state index >= 15 is 0 Å². The summed E-state index contributed by atoms with van der Waals surface area (Å²) in [4.78, 5) is 29.5. The van der Waals surface area contributed by atoms with Gasteiger partial charge in [-0.3, -0.25) is 9.59 Å². The summed E-state index contributed by atoms with van der Waals surface area (Å²) in [5.41, 5.74) is 2.28. The fraction of sp³-hybridized carbons (Fsp3) is 0.385. The molecule has 3 rings (SSSR count). The summed E-state index contributed by atoms with van der Waals surface area (Å²) in [6.45, 7) is 5.64. The van der Waals surface area contributed by atoms with Crippen molar-refractivity contribution < 1.29 is 19.4 Å². The molecule has 170 valence electrons. The lowest BCUT2D eigenvalue weighted by atomic mass is 9.95. The molecule has 0 spiro atoms. The third-order valence-corrected chi connectivity index (χ3v) is 5.65. The SMILES string of the molecule is CCCCOc1ccc(C(O)=C2C(=O)C(=O)N(CCN(C)C)[C@@H]2c2ccccc2)cc1C. The van der Waals surface area contributed by atoms with Gasteiger partial charge in [-0.2, -0.15) is 0 Å². The number of carbonyl (C=O) groups is 2. The number of nitrogens with zero attached hydrogens (tertiary/aromatic N) is 2. The Bertz CT molecular complexity index is 998. The molecule has 1 heterocycles. The molecule has 32 heavy (non-hydrogen) atoms. The van der Waals surface area contributed by atoms with Crippen molar-refractivity contribution in [1.82, 2.24) is 9.80 Å². The van der Waals surface area contributed by atoms with Gasteiger partial charge >= 0.3 is 0 Å². The van der Waals surface area contributed by atoms with Gasteiger partial charge in [-0.05, 0) is 56.8 Å². The highest BCUT2D eigenvalue weighted by Gasteiger charge is 2.45. The number of Topliss-reactive ketones (excluding diaryl/α,β-unsaturated/α-hetero) is 1. The molecule has 1 N–H and O–H groups in total. The highest BCUT2D eigenvalue weighted by molar-refractivity contribution is 6.46. The van der Waals surface area contributed by atoms with E-state index in [1.54, 1.807) is 23.1 Å². The Labute approximate surface area is 190 Å². The number of ketones is 1. The van der Waals surface area contributed by atoms with Crippen molar-refractivity contribution in [3.05, 3.63) is 70.8 Å². The summed E-state index contributed by atoms with van der Waals surface area (Å²) < 4.78 is 5.81. The monoisotopic (exact) mass is 436 g/mol. The lowest BCUT2D eigenvalue weighted by Crippen LogP contribution is -2.35. The van der Waals surface area contributed by atoms with Crippen LogP contribution in [0, 0.1) is 6.92 Å². The van der Waals surface area contributed by atoms with Crippen LogP contribution in [0.15, 0.2) is 54.1 Å². The van der Waals surface area contributed by atoms with E-state index in [4.69, 9.17) is 4.74 Å². The lowest BCUT2D eigenvalue weighted by Gasteiger charge is -2.26. The van der Waals surface area contributed by atoms with Gasteiger partial charge in [0.05, 0.1) is 18.2 Å². The average Bonchev–Trinajstić information content (AvgIpc) is 3.03. The first-order valence-electron chi connectivity index (χ1n) is 11.1. The number of benzene rings is 2. The van der Waals surface area contributed by atoms with Gasteiger partial charge in [-0.25, -0.2) is 0 Å². The third kappa shape index (κ3) is 5.02. The van der Waals surface area contributed by atoms with E-state index in [1.807, 2.05) is 56.3 Å². The summed E-state index contributed by atoms with van der Waals surface area (Å²) in [6, 6.07) is 14.1. The number of likely N-dealkylation sites (N-methyl/N-ethyl adjacent to an activating group) is 1. The van der Waals surface area contributed by atoms with Gasteiger partial charge in [0.25, 0.3) is 11.7 Å². The lowest BCUT2D eigenvalue weighted by molar-refractivity contribution is -0.140. The first kappa shape index (κ1) is 23.5. The number of unbranched alkanes of at least 4 members (excludes halogenated alkanes) is 1. The molecule has 6 heteroatoms.